The van der Waals surface area contributed by atoms with Crippen LogP contribution in [0.3, 0.4) is 0 Å². The van der Waals surface area contributed by atoms with Crippen LogP contribution >= 0.6 is 0 Å². The Morgan fingerprint density at radius 3 is 1.34 bits per heavy atom. The van der Waals surface area contributed by atoms with E-state index in [0.717, 1.165) is 51.4 Å². The standard InChI is InChI=1S/C40H50O10/c1-33(2)13-7-15-35(5)21(33)11-17-37-25-23(39(45,29(35)37)31(43)49-37)19(27(41)47-25)9-10-20-24-26(48-28(20)42)38-18-12-22-34(3,4)14-8-16-36(22,6)30(38)40(24,46)32(44)50-38/h9-10,21-26,29-30,45-46H,7-8,11-18H2,1-6H3/b19-9-,20-10-/t21-,22-,23+,24+,25-,26-,29+,30+,35-,36-,37-,38-,39+,40+/m1/s1. The van der Waals surface area contributed by atoms with Crippen molar-refractivity contribution >= 4 is 23.9 Å². The van der Waals surface area contributed by atoms with Crippen LogP contribution in [-0.2, 0) is 38.1 Å². The van der Waals surface area contributed by atoms with E-state index in [-0.39, 0.29) is 33.8 Å². The van der Waals surface area contributed by atoms with Gasteiger partial charge in [-0.15, -0.1) is 0 Å². The van der Waals surface area contributed by atoms with Crippen LogP contribution in [0.5, 0.6) is 0 Å². The second-order valence-electron chi connectivity index (χ2n) is 19.9. The van der Waals surface area contributed by atoms with Crippen molar-refractivity contribution in [3.05, 3.63) is 23.3 Å². The first-order chi connectivity index (χ1) is 23.3. The Labute approximate surface area is 292 Å². The molecule has 10 rings (SSSR count). The largest absolute Gasteiger partial charge is 0.454 e. The van der Waals surface area contributed by atoms with E-state index in [4.69, 9.17) is 18.9 Å². The molecule has 4 bridgehead atoms. The maximum Gasteiger partial charge on any atom is 0.340 e. The van der Waals surface area contributed by atoms with Crippen LogP contribution in [0.15, 0.2) is 23.3 Å². The number of esters is 4. The van der Waals surface area contributed by atoms with E-state index < -0.39 is 93.0 Å². The minimum absolute atomic E-state index is 0.0213. The molecule has 0 aromatic heterocycles. The van der Waals surface area contributed by atoms with Crippen molar-refractivity contribution in [3.8, 4) is 0 Å². The Morgan fingerprint density at radius 2 is 0.960 bits per heavy atom. The van der Waals surface area contributed by atoms with Crippen LogP contribution < -0.4 is 0 Å². The lowest BCUT2D eigenvalue weighted by molar-refractivity contribution is -0.200. The number of ether oxygens (including phenoxy) is 4. The second-order valence-corrected chi connectivity index (χ2v) is 19.9. The van der Waals surface area contributed by atoms with Crippen molar-refractivity contribution in [3.63, 3.8) is 0 Å². The van der Waals surface area contributed by atoms with E-state index in [1.807, 2.05) is 0 Å². The summed E-state index contributed by atoms with van der Waals surface area (Å²) in [5.41, 5.74) is -6.75. The lowest BCUT2D eigenvalue weighted by Crippen LogP contribution is -2.61. The first-order valence-corrected chi connectivity index (χ1v) is 19.1. The van der Waals surface area contributed by atoms with Crippen LogP contribution in [0.1, 0.15) is 106 Å². The van der Waals surface area contributed by atoms with Gasteiger partial charge in [0.05, 0.1) is 11.8 Å². The highest BCUT2D eigenvalue weighted by molar-refractivity contribution is 6.00. The van der Waals surface area contributed by atoms with Crippen LogP contribution in [0.4, 0.5) is 0 Å². The molecule has 10 fully saturated rings. The Morgan fingerprint density at radius 1 is 0.580 bits per heavy atom. The number of fused-ring (bicyclic) bond motifs is 6. The molecule has 10 aliphatic rings. The van der Waals surface area contributed by atoms with Gasteiger partial charge in [-0.05, 0) is 84.9 Å². The van der Waals surface area contributed by atoms with Gasteiger partial charge in [0.2, 0.25) is 0 Å². The Balaban J connectivity index is 1.06. The summed E-state index contributed by atoms with van der Waals surface area (Å²) in [5, 5.41) is 25.3. The first kappa shape index (κ1) is 32.0. The van der Waals surface area contributed by atoms with Crippen molar-refractivity contribution in [1.29, 1.82) is 0 Å². The van der Waals surface area contributed by atoms with Gasteiger partial charge in [0.1, 0.15) is 0 Å². The topological polar surface area (TPSA) is 146 Å². The Bertz CT molecular complexity index is 1630. The summed E-state index contributed by atoms with van der Waals surface area (Å²) in [5.74, 6) is -5.27. The number of allylic oxidation sites excluding steroid dienone is 2. The number of hydrogen-bond donors (Lipinski definition) is 2. The Hall–Kier alpha value is -2.72. The number of carbonyl (C=O) groups excluding carboxylic acids is 4. The third-order valence-electron chi connectivity index (χ3n) is 17.2. The van der Waals surface area contributed by atoms with Crippen LogP contribution in [0.25, 0.3) is 0 Å². The van der Waals surface area contributed by atoms with Crippen LogP contribution in [0.2, 0.25) is 0 Å². The average molecular weight is 691 g/mol. The van der Waals surface area contributed by atoms with Gasteiger partial charge in [0.15, 0.2) is 34.6 Å². The van der Waals surface area contributed by atoms with E-state index in [0.29, 0.717) is 12.8 Å². The van der Waals surface area contributed by atoms with Crippen molar-refractivity contribution in [1.82, 2.24) is 0 Å². The molecule has 4 saturated heterocycles. The monoisotopic (exact) mass is 690 g/mol. The summed E-state index contributed by atoms with van der Waals surface area (Å²) < 4.78 is 24.3. The van der Waals surface area contributed by atoms with Gasteiger partial charge in [-0.2, -0.15) is 0 Å². The van der Waals surface area contributed by atoms with Gasteiger partial charge in [-0.3, -0.25) is 0 Å². The summed E-state index contributed by atoms with van der Waals surface area (Å²) >= 11 is 0. The van der Waals surface area contributed by atoms with Crippen molar-refractivity contribution < 1.29 is 48.3 Å². The number of aliphatic hydroxyl groups is 2. The predicted octanol–water partition coefficient (Wildman–Crippen LogP) is 4.49. The normalized spacial score (nSPS) is 57.3. The SMILES string of the molecule is CC1(C)CCC[C@]2(C)[C@@H]1CC[C@@]13OC(=O)[C@](O)([C@H]4/C(=C/C=C5\C(=O)O[C@@H]6[C@H]5[C@@]5(O)C(=O)O[C@]67CC[C@@H]6C(C)(C)CCC[C@@]6(C)[C@@H]75)C(=O)O[C@H]41)[C@@H]23. The number of rotatable bonds is 1. The molecule has 14 atom stereocenters. The minimum Gasteiger partial charge on any atom is -0.454 e. The smallest absolute Gasteiger partial charge is 0.340 e. The molecule has 10 heteroatoms. The Kier molecular flexibility index (Phi) is 5.69. The van der Waals surface area contributed by atoms with E-state index in [9.17, 15) is 29.4 Å². The van der Waals surface area contributed by atoms with Crippen molar-refractivity contribution in [2.24, 2.45) is 57.2 Å². The second kappa shape index (κ2) is 8.90. The molecule has 4 aliphatic heterocycles. The molecular formula is C40H50O10. The van der Waals surface area contributed by atoms with Gasteiger partial charge in [-0.25, -0.2) is 19.2 Å². The van der Waals surface area contributed by atoms with Crippen LogP contribution in [-0.4, -0.2) is 68.7 Å². The van der Waals surface area contributed by atoms with E-state index in [1.165, 1.54) is 12.2 Å². The molecule has 6 saturated carbocycles. The van der Waals surface area contributed by atoms with Crippen LogP contribution in [0, 0.1) is 57.2 Å². The fourth-order valence-electron chi connectivity index (χ4n) is 16.0. The molecule has 0 unspecified atom stereocenters. The molecule has 0 aromatic carbocycles. The zero-order chi connectivity index (χ0) is 35.4. The molecule has 0 aromatic rings. The highest BCUT2D eigenvalue weighted by Crippen LogP contribution is 2.76. The number of carbonyl (C=O) groups is 4. The summed E-state index contributed by atoms with van der Waals surface area (Å²) in [7, 11) is 0. The fraction of sp³-hybridized carbons (Fsp3) is 0.800. The third-order valence-corrected chi connectivity index (χ3v) is 17.2. The van der Waals surface area contributed by atoms with E-state index in [2.05, 4.69) is 41.5 Å². The zero-order valence-corrected chi connectivity index (χ0v) is 30.0. The zero-order valence-electron chi connectivity index (χ0n) is 30.0. The molecule has 2 N–H and O–H groups in total. The lowest BCUT2D eigenvalue weighted by atomic mass is 9.45. The minimum atomic E-state index is -1.97. The highest BCUT2D eigenvalue weighted by atomic mass is 16.6. The van der Waals surface area contributed by atoms with Crippen molar-refractivity contribution in [2.75, 3.05) is 0 Å². The van der Waals surface area contributed by atoms with Crippen molar-refractivity contribution in [2.45, 2.75) is 140 Å². The van der Waals surface area contributed by atoms with Gasteiger partial charge in [0, 0.05) is 23.0 Å². The average Bonchev–Trinajstić information content (AvgIpc) is 3.76. The van der Waals surface area contributed by atoms with Gasteiger partial charge in [0.25, 0.3) is 0 Å². The van der Waals surface area contributed by atoms with Gasteiger partial charge in [-0.1, -0.05) is 66.5 Å². The summed E-state index contributed by atoms with van der Waals surface area (Å²) in [6.45, 7) is 13.4. The number of hydrogen-bond acceptors (Lipinski definition) is 10. The summed E-state index contributed by atoms with van der Waals surface area (Å²) in [6.07, 6.45) is 9.63. The molecule has 4 heterocycles. The molecule has 0 amide bonds. The lowest BCUT2D eigenvalue weighted by Gasteiger charge is -2.60. The summed E-state index contributed by atoms with van der Waals surface area (Å²) in [4.78, 5) is 55.0. The third kappa shape index (κ3) is 3.14. The van der Waals surface area contributed by atoms with Gasteiger partial charge < -0.3 is 29.2 Å². The quantitative estimate of drug-likeness (QED) is 0.229. The maximum absolute atomic E-state index is 13.8. The van der Waals surface area contributed by atoms with Gasteiger partial charge >= 0.3 is 23.9 Å². The summed E-state index contributed by atoms with van der Waals surface area (Å²) in [6, 6.07) is 0. The maximum atomic E-state index is 13.8. The predicted molar refractivity (Wildman–Crippen MR) is 174 cm³/mol. The molecule has 10 nitrogen and oxygen atoms in total. The fourth-order valence-corrected chi connectivity index (χ4v) is 16.0. The molecular weight excluding hydrogens is 640 g/mol. The molecule has 50 heavy (non-hydrogen) atoms. The molecule has 6 aliphatic carbocycles. The first-order valence-electron chi connectivity index (χ1n) is 19.1. The van der Waals surface area contributed by atoms with E-state index in [1.54, 1.807) is 0 Å². The molecule has 270 valence electrons. The molecule has 0 radical (unpaired) electrons. The highest BCUT2D eigenvalue weighted by Gasteiger charge is 2.89. The van der Waals surface area contributed by atoms with E-state index >= 15 is 0 Å². The molecule has 0 spiro atoms.